The van der Waals surface area contributed by atoms with E-state index in [1.165, 1.54) is 4.67 Å². The van der Waals surface area contributed by atoms with E-state index < -0.39 is 13.4 Å². The van der Waals surface area contributed by atoms with Gasteiger partial charge < -0.3 is 4.52 Å². The third-order valence-electron chi connectivity index (χ3n) is 3.05. The van der Waals surface area contributed by atoms with Crippen molar-refractivity contribution in [1.82, 2.24) is 10.2 Å². The summed E-state index contributed by atoms with van der Waals surface area (Å²) in [5, 5.41) is 9.20. The Balaban J connectivity index is 2.32. The molecule has 2 rings (SSSR count). The molecule has 2 N–H and O–H groups in total. The predicted molar refractivity (Wildman–Crippen MR) is 78.1 cm³/mol. The summed E-state index contributed by atoms with van der Waals surface area (Å²) in [6, 6.07) is 7.02. The first-order valence-corrected chi connectivity index (χ1v) is 8.62. The number of benzene rings is 1. The molecule has 1 heterocycles. The van der Waals surface area contributed by atoms with Gasteiger partial charge in [-0.2, -0.15) is 0 Å². The summed E-state index contributed by atoms with van der Waals surface area (Å²) in [4.78, 5) is 11.4. The summed E-state index contributed by atoms with van der Waals surface area (Å²) >= 11 is 3.33. The summed E-state index contributed by atoms with van der Waals surface area (Å²) in [6.07, 6.45) is 1.58. The third-order valence-corrected chi connectivity index (χ3v) is 6.15. The van der Waals surface area contributed by atoms with Crippen LogP contribution in [0.4, 0.5) is 0 Å². The van der Waals surface area contributed by atoms with E-state index in [2.05, 4.69) is 15.9 Å². The lowest BCUT2D eigenvalue weighted by Crippen LogP contribution is -2.36. The van der Waals surface area contributed by atoms with Crippen molar-refractivity contribution in [3.05, 3.63) is 28.7 Å². The van der Waals surface area contributed by atoms with Gasteiger partial charge in [0.25, 0.3) is 5.91 Å². The number of amides is 1. The molecule has 8 heteroatoms. The molecule has 20 heavy (non-hydrogen) atoms. The quantitative estimate of drug-likeness (QED) is 0.487. The van der Waals surface area contributed by atoms with Crippen LogP contribution in [0.5, 0.6) is 0 Å². The highest BCUT2D eigenvalue weighted by Crippen LogP contribution is 2.51. The number of carbonyl (C=O) groups excluding carboxylic acids is 1. The number of hydrogen-bond donors (Lipinski definition) is 2. The van der Waals surface area contributed by atoms with Gasteiger partial charge in [-0.15, -0.1) is 0 Å². The van der Waals surface area contributed by atoms with Crippen molar-refractivity contribution < 1.29 is 19.1 Å². The molecule has 0 aromatic heterocycles. The topological polar surface area (TPSA) is 78.9 Å². The van der Waals surface area contributed by atoms with Crippen LogP contribution in [0.25, 0.3) is 0 Å². The molecule has 1 fully saturated rings. The molecule has 1 aliphatic rings. The molecule has 0 bridgehead atoms. The molecule has 110 valence electrons. The van der Waals surface area contributed by atoms with E-state index in [4.69, 9.17) is 9.73 Å². The lowest BCUT2D eigenvalue weighted by Gasteiger charge is -2.28. The Hall–Kier alpha value is -0.720. The van der Waals surface area contributed by atoms with Crippen LogP contribution in [0.2, 0.25) is 0 Å². The van der Waals surface area contributed by atoms with Crippen LogP contribution >= 0.6 is 23.4 Å². The summed E-state index contributed by atoms with van der Waals surface area (Å²) in [5.74, 6) is -0.604. The summed E-state index contributed by atoms with van der Waals surface area (Å²) in [5.41, 5.74) is 1.57. The summed E-state index contributed by atoms with van der Waals surface area (Å²) in [7, 11) is -3.27. The van der Waals surface area contributed by atoms with Gasteiger partial charge in [0.05, 0.1) is 18.5 Å². The first-order valence-electron chi connectivity index (χ1n) is 6.25. The fourth-order valence-electron chi connectivity index (χ4n) is 2.04. The molecule has 1 amide bonds. The molecule has 0 aliphatic carbocycles. The Morgan fingerprint density at radius 1 is 1.40 bits per heavy atom. The Kier molecular flexibility index (Phi) is 5.35. The van der Waals surface area contributed by atoms with E-state index >= 15 is 0 Å². The Bertz CT molecular complexity index is 523. The number of rotatable bonds is 3. The fourth-order valence-corrected chi connectivity index (χ4v) is 4.56. The van der Waals surface area contributed by atoms with E-state index in [-0.39, 0.29) is 6.54 Å². The lowest BCUT2D eigenvalue weighted by atomic mass is 10.3. The van der Waals surface area contributed by atoms with Crippen molar-refractivity contribution in [2.75, 3.05) is 19.7 Å². The molecule has 0 radical (unpaired) electrons. The van der Waals surface area contributed by atoms with Crippen LogP contribution in [0.1, 0.15) is 12.8 Å². The number of nitrogens with zero attached hydrogens (tertiary/aromatic N) is 1. The standard InChI is InChI=1S/C12H16BrN2O4P/c13-10-3-5-11(6-4-10)20(18)15(9-12(16)14-17)7-1-2-8-19-20/h3-6,17H,1-2,7-9H2,(H,14,16). The first kappa shape index (κ1) is 15.7. The van der Waals surface area contributed by atoms with Gasteiger partial charge >= 0.3 is 7.52 Å². The van der Waals surface area contributed by atoms with Crippen molar-refractivity contribution in [2.45, 2.75) is 12.8 Å². The average Bonchev–Trinajstić information content (AvgIpc) is 2.63. The average molecular weight is 363 g/mol. The number of halogens is 1. The number of carbonyl (C=O) groups is 1. The highest BCUT2D eigenvalue weighted by Gasteiger charge is 2.36. The van der Waals surface area contributed by atoms with Crippen LogP contribution < -0.4 is 10.8 Å². The van der Waals surface area contributed by atoms with Crippen LogP contribution in [-0.4, -0.2) is 35.5 Å². The molecule has 0 spiro atoms. The predicted octanol–water partition coefficient (Wildman–Crippen LogP) is 1.89. The SMILES string of the molecule is O=C(CN1CCCCOP1(=O)c1ccc(Br)cc1)NO. The molecule has 1 atom stereocenters. The van der Waals surface area contributed by atoms with Crippen molar-refractivity contribution >= 4 is 34.7 Å². The molecule has 1 aromatic carbocycles. The van der Waals surface area contributed by atoms with Crippen LogP contribution in [0.3, 0.4) is 0 Å². The fraction of sp³-hybridized carbons (Fsp3) is 0.417. The van der Waals surface area contributed by atoms with Crippen molar-refractivity contribution in [1.29, 1.82) is 0 Å². The van der Waals surface area contributed by atoms with Gasteiger partial charge in [-0.3, -0.25) is 14.6 Å². The van der Waals surface area contributed by atoms with Crippen LogP contribution in [0.15, 0.2) is 28.7 Å². The second-order valence-corrected chi connectivity index (χ2v) is 7.76. The van der Waals surface area contributed by atoms with E-state index in [0.717, 1.165) is 17.3 Å². The molecule has 1 aliphatic heterocycles. The molecular formula is C12H16BrN2O4P. The first-order chi connectivity index (χ1) is 9.56. The second kappa shape index (κ2) is 6.83. The monoisotopic (exact) mass is 362 g/mol. The molecule has 0 saturated carbocycles. The largest absolute Gasteiger partial charge is 0.314 e. The van der Waals surface area contributed by atoms with Crippen LogP contribution in [-0.2, 0) is 13.9 Å². The Morgan fingerprint density at radius 3 is 2.75 bits per heavy atom. The van der Waals surface area contributed by atoms with Crippen molar-refractivity contribution in [3.8, 4) is 0 Å². The van der Waals surface area contributed by atoms with Gasteiger partial charge in [0.2, 0.25) is 0 Å². The second-order valence-electron chi connectivity index (χ2n) is 4.46. The van der Waals surface area contributed by atoms with E-state index in [9.17, 15) is 9.36 Å². The molecule has 1 saturated heterocycles. The minimum Gasteiger partial charge on any atom is -0.314 e. The molecule has 1 unspecified atom stereocenters. The zero-order valence-electron chi connectivity index (χ0n) is 10.8. The van der Waals surface area contributed by atoms with Crippen molar-refractivity contribution in [3.63, 3.8) is 0 Å². The zero-order chi connectivity index (χ0) is 14.6. The minimum absolute atomic E-state index is 0.163. The summed E-state index contributed by atoms with van der Waals surface area (Å²) < 4.78 is 21.1. The highest BCUT2D eigenvalue weighted by atomic mass is 79.9. The Labute approximate surface area is 125 Å². The highest BCUT2D eigenvalue weighted by molar-refractivity contribution is 9.10. The molecular weight excluding hydrogens is 347 g/mol. The maximum atomic E-state index is 13.2. The van der Waals surface area contributed by atoms with Gasteiger partial charge in [0.15, 0.2) is 0 Å². The molecule has 6 nitrogen and oxygen atoms in total. The van der Waals surface area contributed by atoms with Gasteiger partial charge in [-0.1, -0.05) is 15.9 Å². The minimum atomic E-state index is -3.27. The van der Waals surface area contributed by atoms with Crippen LogP contribution in [0, 0.1) is 0 Å². The number of hydroxylamine groups is 1. The van der Waals surface area contributed by atoms with Gasteiger partial charge in [0.1, 0.15) is 0 Å². The van der Waals surface area contributed by atoms with Gasteiger partial charge in [0, 0.05) is 11.0 Å². The third kappa shape index (κ3) is 3.48. The summed E-state index contributed by atoms with van der Waals surface area (Å²) in [6.45, 7) is 0.717. The maximum absolute atomic E-state index is 13.2. The molecule has 1 aromatic rings. The maximum Gasteiger partial charge on any atom is 0.302 e. The van der Waals surface area contributed by atoms with E-state index in [1.807, 2.05) is 0 Å². The van der Waals surface area contributed by atoms with Gasteiger partial charge in [-0.25, -0.2) is 10.2 Å². The van der Waals surface area contributed by atoms with Crippen molar-refractivity contribution in [2.24, 2.45) is 0 Å². The smallest absolute Gasteiger partial charge is 0.302 e. The van der Waals surface area contributed by atoms with E-state index in [0.29, 0.717) is 18.5 Å². The normalized spacial score (nSPS) is 24.1. The van der Waals surface area contributed by atoms with Gasteiger partial charge in [-0.05, 0) is 37.1 Å². The number of nitrogens with one attached hydrogen (secondary N) is 1. The Morgan fingerprint density at radius 2 is 2.10 bits per heavy atom. The van der Waals surface area contributed by atoms with E-state index in [1.54, 1.807) is 29.7 Å². The number of hydrogen-bond acceptors (Lipinski definition) is 4. The zero-order valence-corrected chi connectivity index (χ0v) is 13.3. The lowest BCUT2D eigenvalue weighted by molar-refractivity contribution is -0.129.